The number of rotatable bonds is 7. The van der Waals surface area contributed by atoms with Crippen molar-refractivity contribution in [2.45, 2.75) is 25.7 Å². The van der Waals surface area contributed by atoms with Gasteiger partial charge in [0.2, 0.25) is 0 Å². The van der Waals surface area contributed by atoms with E-state index in [2.05, 4.69) is 5.32 Å². The molecule has 0 radical (unpaired) electrons. The van der Waals surface area contributed by atoms with Gasteiger partial charge in [-0.25, -0.2) is 0 Å². The molecule has 0 atom stereocenters. The molecule has 1 rings (SSSR count). The van der Waals surface area contributed by atoms with E-state index in [0.717, 1.165) is 12.8 Å². The third-order valence-electron chi connectivity index (χ3n) is 2.55. The summed E-state index contributed by atoms with van der Waals surface area (Å²) in [7, 11) is 0. The first-order chi connectivity index (χ1) is 9.02. The van der Waals surface area contributed by atoms with Crippen molar-refractivity contribution in [3.05, 3.63) is 33.8 Å². The molecule has 0 saturated carbocycles. The second kappa shape index (κ2) is 8.02. The molecule has 0 aliphatic carbocycles. The molecule has 0 bridgehead atoms. The number of hydrogen-bond donors (Lipinski definition) is 2. The van der Waals surface area contributed by atoms with Crippen LogP contribution in [0.2, 0.25) is 10.0 Å². The van der Waals surface area contributed by atoms with E-state index in [1.807, 2.05) is 0 Å². The van der Waals surface area contributed by atoms with Crippen LogP contribution in [0, 0.1) is 0 Å². The third kappa shape index (κ3) is 5.49. The third-order valence-corrected chi connectivity index (χ3v) is 3.37. The molecule has 0 saturated heterocycles. The quantitative estimate of drug-likeness (QED) is 0.759. The maximum atomic E-state index is 11.8. The SMILES string of the molecule is O=C(O)CCCCCNC(=O)c1cccc(Cl)c1Cl. The van der Waals surface area contributed by atoms with Crippen molar-refractivity contribution in [2.75, 3.05) is 6.54 Å². The minimum absolute atomic E-state index is 0.161. The van der Waals surface area contributed by atoms with Gasteiger partial charge in [-0.3, -0.25) is 9.59 Å². The summed E-state index contributed by atoms with van der Waals surface area (Å²) in [5, 5.41) is 11.8. The first kappa shape index (κ1) is 15.8. The van der Waals surface area contributed by atoms with E-state index >= 15 is 0 Å². The first-order valence-corrected chi connectivity index (χ1v) is 6.72. The molecule has 0 fully saturated rings. The predicted octanol–water partition coefficient (Wildman–Crippen LogP) is 3.37. The predicted molar refractivity (Wildman–Crippen MR) is 74.9 cm³/mol. The number of benzene rings is 1. The summed E-state index contributed by atoms with van der Waals surface area (Å²) in [6.07, 6.45) is 2.27. The van der Waals surface area contributed by atoms with E-state index in [-0.39, 0.29) is 17.4 Å². The lowest BCUT2D eigenvalue weighted by atomic mass is 10.2. The van der Waals surface area contributed by atoms with Gasteiger partial charge in [-0.05, 0) is 25.0 Å². The molecule has 1 aromatic carbocycles. The van der Waals surface area contributed by atoms with Gasteiger partial charge in [0.15, 0.2) is 0 Å². The number of hydrogen-bond acceptors (Lipinski definition) is 2. The molecule has 19 heavy (non-hydrogen) atoms. The molecule has 0 aromatic heterocycles. The Balaban J connectivity index is 2.32. The number of amides is 1. The van der Waals surface area contributed by atoms with Gasteiger partial charge in [-0.1, -0.05) is 35.7 Å². The summed E-state index contributed by atoms with van der Waals surface area (Å²) in [4.78, 5) is 22.1. The molecular formula is C13H15Cl2NO3. The van der Waals surface area contributed by atoms with Crippen LogP contribution in [0.1, 0.15) is 36.0 Å². The van der Waals surface area contributed by atoms with Crippen LogP contribution >= 0.6 is 23.2 Å². The van der Waals surface area contributed by atoms with Crippen LogP contribution in [-0.2, 0) is 4.79 Å². The van der Waals surface area contributed by atoms with Gasteiger partial charge in [0, 0.05) is 13.0 Å². The van der Waals surface area contributed by atoms with Crippen molar-refractivity contribution in [3.63, 3.8) is 0 Å². The highest BCUT2D eigenvalue weighted by atomic mass is 35.5. The van der Waals surface area contributed by atoms with E-state index in [1.165, 1.54) is 0 Å². The van der Waals surface area contributed by atoms with E-state index in [9.17, 15) is 9.59 Å². The van der Waals surface area contributed by atoms with Gasteiger partial charge in [0.25, 0.3) is 5.91 Å². The molecule has 0 aliphatic heterocycles. The summed E-state index contributed by atoms with van der Waals surface area (Å²) < 4.78 is 0. The number of carbonyl (C=O) groups is 2. The summed E-state index contributed by atoms with van der Waals surface area (Å²) in [6.45, 7) is 0.487. The summed E-state index contributed by atoms with van der Waals surface area (Å²) in [6, 6.07) is 4.89. The number of halogens is 2. The largest absolute Gasteiger partial charge is 0.481 e. The van der Waals surface area contributed by atoms with Crippen LogP contribution in [0.15, 0.2) is 18.2 Å². The highest BCUT2D eigenvalue weighted by Crippen LogP contribution is 2.25. The minimum Gasteiger partial charge on any atom is -0.481 e. The van der Waals surface area contributed by atoms with E-state index in [0.29, 0.717) is 23.6 Å². The fourth-order valence-corrected chi connectivity index (χ4v) is 1.94. The fraction of sp³-hybridized carbons (Fsp3) is 0.385. The number of aliphatic carboxylic acids is 1. The van der Waals surface area contributed by atoms with Crippen LogP contribution in [0.25, 0.3) is 0 Å². The van der Waals surface area contributed by atoms with Crippen molar-refractivity contribution in [1.29, 1.82) is 0 Å². The fourth-order valence-electron chi connectivity index (χ4n) is 1.55. The van der Waals surface area contributed by atoms with Crippen LogP contribution < -0.4 is 5.32 Å². The van der Waals surface area contributed by atoms with Crippen LogP contribution in [-0.4, -0.2) is 23.5 Å². The normalized spacial score (nSPS) is 10.2. The maximum Gasteiger partial charge on any atom is 0.303 e. The van der Waals surface area contributed by atoms with E-state index < -0.39 is 5.97 Å². The number of carboxylic acid groups (broad SMARTS) is 1. The Morgan fingerprint density at radius 2 is 1.89 bits per heavy atom. The summed E-state index contributed by atoms with van der Waals surface area (Å²) in [5.74, 6) is -1.07. The molecule has 6 heteroatoms. The van der Waals surface area contributed by atoms with Gasteiger partial charge in [-0.15, -0.1) is 0 Å². The number of unbranched alkanes of at least 4 members (excludes halogenated alkanes) is 2. The molecular weight excluding hydrogens is 289 g/mol. The zero-order chi connectivity index (χ0) is 14.3. The van der Waals surface area contributed by atoms with Gasteiger partial charge >= 0.3 is 5.97 Å². The second-order valence-corrected chi connectivity index (χ2v) is 4.85. The van der Waals surface area contributed by atoms with Gasteiger partial charge in [0.1, 0.15) is 0 Å². The van der Waals surface area contributed by atoms with Gasteiger partial charge in [0.05, 0.1) is 15.6 Å². The number of carboxylic acids is 1. The van der Waals surface area contributed by atoms with Gasteiger partial charge in [-0.2, -0.15) is 0 Å². The van der Waals surface area contributed by atoms with E-state index in [4.69, 9.17) is 28.3 Å². The molecule has 2 N–H and O–H groups in total. The average Bonchev–Trinajstić information content (AvgIpc) is 2.36. The maximum absolute atomic E-state index is 11.8. The minimum atomic E-state index is -0.797. The monoisotopic (exact) mass is 303 g/mol. The molecule has 1 aromatic rings. The van der Waals surface area contributed by atoms with Crippen molar-refractivity contribution < 1.29 is 14.7 Å². The molecule has 0 spiro atoms. The molecule has 0 aliphatic rings. The lowest BCUT2D eigenvalue weighted by molar-refractivity contribution is -0.137. The molecule has 1 amide bonds. The van der Waals surface area contributed by atoms with Crippen molar-refractivity contribution in [3.8, 4) is 0 Å². The van der Waals surface area contributed by atoms with Crippen molar-refractivity contribution in [2.24, 2.45) is 0 Å². The highest BCUT2D eigenvalue weighted by Gasteiger charge is 2.11. The molecule has 0 unspecified atom stereocenters. The Kier molecular flexibility index (Phi) is 6.67. The Labute approximate surface area is 121 Å². The summed E-state index contributed by atoms with van der Waals surface area (Å²) in [5.41, 5.74) is 0.347. The standard InChI is InChI=1S/C13H15Cl2NO3/c14-10-6-4-5-9(12(10)15)13(19)16-8-3-1-2-7-11(17)18/h4-6H,1-3,7-8H2,(H,16,19)(H,17,18). The van der Waals surface area contributed by atoms with Gasteiger partial charge < -0.3 is 10.4 Å². The summed E-state index contributed by atoms with van der Waals surface area (Å²) >= 11 is 11.7. The lowest BCUT2D eigenvalue weighted by Crippen LogP contribution is -2.24. The first-order valence-electron chi connectivity index (χ1n) is 5.96. The van der Waals surface area contributed by atoms with Crippen molar-refractivity contribution >= 4 is 35.1 Å². The molecule has 104 valence electrons. The Bertz CT molecular complexity index is 463. The second-order valence-electron chi connectivity index (χ2n) is 4.06. The van der Waals surface area contributed by atoms with Crippen molar-refractivity contribution in [1.82, 2.24) is 5.32 Å². The lowest BCUT2D eigenvalue weighted by Gasteiger charge is -2.07. The smallest absolute Gasteiger partial charge is 0.303 e. The number of nitrogens with one attached hydrogen (secondary N) is 1. The zero-order valence-corrected chi connectivity index (χ0v) is 11.8. The van der Waals surface area contributed by atoms with E-state index in [1.54, 1.807) is 18.2 Å². The molecule has 0 heterocycles. The van der Waals surface area contributed by atoms with Crippen LogP contribution in [0.5, 0.6) is 0 Å². The Morgan fingerprint density at radius 1 is 1.16 bits per heavy atom. The molecule has 4 nitrogen and oxygen atoms in total. The van der Waals surface area contributed by atoms with Crippen LogP contribution in [0.3, 0.4) is 0 Å². The Hall–Kier alpha value is -1.26. The topological polar surface area (TPSA) is 66.4 Å². The highest BCUT2D eigenvalue weighted by molar-refractivity contribution is 6.43. The van der Waals surface area contributed by atoms with Crippen LogP contribution in [0.4, 0.5) is 0 Å². The zero-order valence-electron chi connectivity index (χ0n) is 10.3. The number of carbonyl (C=O) groups excluding carboxylic acids is 1. The average molecular weight is 304 g/mol. The Morgan fingerprint density at radius 3 is 2.58 bits per heavy atom.